The second kappa shape index (κ2) is 15.1. The van der Waals surface area contributed by atoms with E-state index in [-0.39, 0.29) is 18.9 Å². The minimum atomic E-state index is -0.900. The van der Waals surface area contributed by atoms with E-state index in [1.54, 1.807) is 12.1 Å². The number of fused-ring (bicyclic) bond motifs is 1. The van der Waals surface area contributed by atoms with Crippen molar-refractivity contribution < 1.29 is 24.2 Å². The molecule has 1 aromatic heterocycles. The molecule has 0 unspecified atom stereocenters. The molecule has 0 aliphatic heterocycles. The Kier molecular flexibility index (Phi) is 10.8. The minimum Gasteiger partial charge on any atom is -0.481 e. The van der Waals surface area contributed by atoms with E-state index in [0.717, 1.165) is 27.7 Å². The van der Waals surface area contributed by atoms with Gasteiger partial charge in [0, 0.05) is 30.6 Å². The van der Waals surface area contributed by atoms with Crippen LogP contribution in [0.15, 0.2) is 91.0 Å². The Morgan fingerprint density at radius 2 is 1.63 bits per heavy atom. The van der Waals surface area contributed by atoms with Crippen LogP contribution in [-0.2, 0) is 33.9 Å². The smallest absolute Gasteiger partial charge is 0.407 e. The summed E-state index contributed by atoms with van der Waals surface area (Å²) in [6.45, 7) is 0.887. The fourth-order valence-electron chi connectivity index (χ4n) is 4.35. The minimum absolute atomic E-state index is 0.0335. The van der Waals surface area contributed by atoms with E-state index < -0.39 is 18.1 Å². The monoisotopic (exact) mass is 554 g/mol. The van der Waals surface area contributed by atoms with Gasteiger partial charge in [0.25, 0.3) is 0 Å². The maximum absolute atomic E-state index is 13.4. The number of ether oxygens (including phenoxy) is 1. The highest BCUT2D eigenvalue weighted by atomic mass is 16.5. The third-order valence-electron chi connectivity index (χ3n) is 6.54. The van der Waals surface area contributed by atoms with Crippen LogP contribution >= 0.6 is 0 Å². The molecular formula is C32H34N4O5. The molecule has 1 heterocycles. The highest BCUT2D eigenvalue weighted by Gasteiger charge is 2.20. The number of benzene rings is 3. The van der Waals surface area contributed by atoms with E-state index in [9.17, 15) is 14.4 Å². The predicted molar refractivity (Wildman–Crippen MR) is 157 cm³/mol. The molecule has 41 heavy (non-hydrogen) atoms. The van der Waals surface area contributed by atoms with Crippen molar-refractivity contribution >= 4 is 34.6 Å². The molecule has 9 nitrogen and oxygen atoms in total. The van der Waals surface area contributed by atoms with Crippen LogP contribution in [-0.4, -0.2) is 40.6 Å². The van der Waals surface area contributed by atoms with Gasteiger partial charge in [-0.1, -0.05) is 72.8 Å². The number of anilines is 1. The van der Waals surface area contributed by atoms with Gasteiger partial charge in [0.1, 0.15) is 6.61 Å². The maximum Gasteiger partial charge on any atom is 0.407 e. The molecule has 3 aromatic carbocycles. The van der Waals surface area contributed by atoms with Gasteiger partial charge >= 0.3 is 12.1 Å². The normalized spacial score (nSPS) is 11.5. The molecule has 0 saturated heterocycles. The molecule has 0 fully saturated rings. The third-order valence-corrected chi connectivity index (χ3v) is 6.54. The molecule has 4 N–H and O–H groups in total. The first-order chi connectivity index (χ1) is 20.0. The van der Waals surface area contributed by atoms with Gasteiger partial charge in [-0.2, -0.15) is 0 Å². The molecule has 4 rings (SSSR count). The van der Waals surface area contributed by atoms with Gasteiger partial charge in [-0.15, -0.1) is 0 Å². The summed E-state index contributed by atoms with van der Waals surface area (Å²) in [4.78, 5) is 41.3. The van der Waals surface area contributed by atoms with Crippen molar-refractivity contribution in [2.45, 2.75) is 44.9 Å². The van der Waals surface area contributed by atoms with E-state index in [2.05, 4.69) is 20.9 Å². The summed E-state index contributed by atoms with van der Waals surface area (Å²) in [6.07, 6.45) is 0.719. The highest BCUT2D eigenvalue weighted by molar-refractivity contribution is 5.95. The number of amides is 2. The first-order valence-corrected chi connectivity index (χ1v) is 13.6. The van der Waals surface area contributed by atoms with Crippen molar-refractivity contribution in [1.29, 1.82) is 0 Å². The molecule has 0 spiro atoms. The zero-order valence-electron chi connectivity index (χ0n) is 22.7. The molecular weight excluding hydrogens is 520 g/mol. The van der Waals surface area contributed by atoms with Crippen molar-refractivity contribution in [3.05, 3.63) is 108 Å². The number of pyridine rings is 1. The third kappa shape index (κ3) is 9.44. The van der Waals surface area contributed by atoms with E-state index in [4.69, 9.17) is 9.84 Å². The van der Waals surface area contributed by atoms with E-state index >= 15 is 0 Å². The molecule has 4 aromatic rings. The number of carbonyl (C=O) groups is 3. The molecule has 9 heteroatoms. The van der Waals surface area contributed by atoms with Gasteiger partial charge < -0.3 is 25.8 Å². The first-order valence-electron chi connectivity index (χ1n) is 13.6. The fraction of sp³-hybridized carbons (Fsp3) is 0.250. The van der Waals surface area contributed by atoms with E-state index in [1.165, 1.54) is 0 Å². The molecule has 0 bridgehead atoms. The zero-order valence-corrected chi connectivity index (χ0v) is 22.7. The van der Waals surface area contributed by atoms with Crippen LogP contribution in [0.5, 0.6) is 0 Å². The van der Waals surface area contributed by atoms with Crippen molar-refractivity contribution in [2.24, 2.45) is 0 Å². The Balaban J connectivity index is 1.36. The average molecular weight is 555 g/mol. The van der Waals surface area contributed by atoms with Gasteiger partial charge in [0.05, 0.1) is 17.3 Å². The van der Waals surface area contributed by atoms with Crippen LogP contribution in [0.1, 0.15) is 36.1 Å². The molecule has 2 amide bonds. The highest BCUT2D eigenvalue weighted by Crippen LogP contribution is 2.18. The number of aliphatic carboxylic acids is 1. The molecule has 0 aliphatic rings. The number of hydrogen-bond donors (Lipinski definition) is 4. The molecule has 1 atom stereocenters. The summed E-state index contributed by atoms with van der Waals surface area (Å²) < 4.78 is 5.26. The van der Waals surface area contributed by atoms with Crippen molar-refractivity contribution in [2.75, 3.05) is 11.9 Å². The Morgan fingerprint density at radius 3 is 2.46 bits per heavy atom. The predicted octanol–water partition coefficient (Wildman–Crippen LogP) is 5.06. The van der Waals surface area contributed by atoms with E-state index in [1.807, 2.05) is 78.9 Å². The van der Waals surface area contributed by atoms with Crippen molar-refractivity contribution in [3.8, 4) is 0 Å². The SMILES string of the molecule is O=C(O)CCc1ccccc1NC(=O)[C@H](CCCNC(=O)OCc1ccccc1)NCc1ccc2ccccc2n1. The Labute approximate surface area is 239 Å². The van der Waals surface area contributed by atoms with Crippen molar-refractivity contribution in [3.63, 3.8) is 0 Å². The Hall–Kier alpha value is -4.76. The standard InChI is InChI=1S/C32H34N4O5/c37-30(38)19-17-25-12-5-7-14-28(25)36-31(39)29(34-21-26-18-16-24-11-4-6-13-27(24)35-26)15-8-20-33-32(40)41-22-23-9-2-1-3-10-23/h1-7,9-14,16,18,29,34H,8,15,17,19-22H2,(H,33,40)(H,36,39)(H,37,38)/t29-/m0/s1. The topological polar surface area (TPSA) is 130 Å². The largest absolute Gasteiger partial charge is 0.481 e. The van der Waals surface area contributed by atoms with Crippen LogP contribution in [0.2, 0.25) is 0 Å². The second-order valence-electron chi connectivity index (χ2n) is 9.60. The summed E-state index contributed by atoms with van der Waals surface area (Å²) in [5, 5.41) is 19.1. The number of carboxylic acids is 1. The summed E-state index contributed by atoms with van der Waals surface area (Å²) in [7, 11) is 0. The molecule has 0 saturated carbocycles. The van der Waals surface area contributed by atoms with Crippen LogP contribution in [0.3, 0.4) is 0 Å². The second-order valence-corrected chi connectivity index (χ2v) is 9.60. The lowest BCUT2D eigenvalue weighted by molar-refractivity contribution is -0.137. The number of aryl methyl sites for hydroxylation is 1. The van der Waals surface area contributed by atoms with Gasteiger partial charge in [-0.05, 0) is 48.6 Å². The Morgan fingerprint density at radius 1 is 0.878 bits per heavy atom. The number of para-hydroxylation sites is 2. The van der Waals surface area contributed by atoms with Crippen molar-refractivity contribution in [1.82, 2.24) is 15.6 Å². The Bertz CT molecular complexity index is 1460. The van der Waals surface area contributed by atoms with Gasteiger partial charge in [0.2, 0.25) is 5.91 Å². The number of carbonyl (C=O) groups excluding carboxylic acids is 2. The first kappa shape index (κ1) is 29.2. The number of carboxylic acid groups (broad SMARTS) is 1. The summed E-state index contributed by atoms with van der Waals surface area (Å²) >= 11 is 0. The number of nitrogens with zero attached hydrogens (tertiary/aromatic N) is 1. The van der Waals surface area contributed by atoms with Crippen LogP contribution in [0.4, 0.5) is 10.5 Å². The number of aromatic nitrogens is 1. The lowest BCUT2D eigenvalue weighted by atomic mass is 10.1. The summed E-state index contributed by atoms with van der Waals surface area (Å²) in [5.74, 6) is -1.15. The van der Waals surface area contributed by atoms with Crippen LogP contribution in [0.25, 0.3) is 10.9 Å². The lowest BCUT2D eigenvalue weighted by Crippen LogP contribution is -2.41. The number of nitrogens with one attached hydrogen (secondary N) is 3. The molecule has 0 radical (unpaired) electrons. The van der Waals surface area contributed by atoms with Crippen LogP contribution < -0.4 is 16.0 Å². The quantitative estimate of drug-likeness (QED) is 0.160. The number of alkyl carbamates (subject to hydrolysis) is 1. The number of hydrogen-bond acceptors (Lipinski definition) is 6. The molecule has 0 aliphatic carbocycles. The van der Waals surface area contributed by atoms with Gasteiger partial charge in [-0.3, -0.25) is 14.6 Å². The van der Waals surface area contributed by atoms with Gasteiger partial charge in [-0.25, -0.2) is 4.79 Å². The fourth-order valence-corrected chi connectivity index (χ4v) is 4.35. The van der Waals surface area contributed by atoms with Crippen LogP contribution in [0, 0.1) is 0 Å². The average Bonchev–Trinajstić information content (AvgIpc) is 2.99. The summed E-state index contributed by atoms with van der Waals surface area (Å²) in [5.41, 5.74) is 3.90. The lowest BCUT2D eigenvalue weighted by Gasteiger charge is -2.20. The summed E-state index contributed by atoms with van der Waals surface area (Å²) in [6, 6.07) is 27.8. The molecule has 212 valence electrons. The number of rotatable bonds is 14. The maximum atomic E-state index is 13.4. The van der Waals surface area contributed by atoms with Gasteiger partial charge in [0.15, 0.2) is 0 Å². The zero-order chi connectivity index (χ0) is 28.9. The van der Waals surface area contributed by atoms with E-state index in [0.29, 0.717) is 38.0 Å².